The molecule has 0 aliphatic carbocycles. The molecule has 0 unspecified atom stereocenters. The molecule has 8 nitrogen and oxygen atoms in total. The number of aryl methyl sites for hydroxylation is 3. The zero-order chi connectivity index (χ0) is 22.8. The first-order valence-electron chi connectivity index (χ1n) is 9.98. The highest BCUT2D eigenvalue weighted by molar-refractivity contribution is 7.89. The molecule has 1 heterocycles. The summed E-state index contributed by atoms with van der Waals surface area (Å²) in [5.74, 6) is -0.649. The van der Waals surface area contributed by atoms with Gasteiger partial charge in [0.05, 0.1) is 10.5 Å². The summed E-state index contributed by atoms with van der Waals surface area (Å²) in [5.41, 5.74) is 8.39. The van der Waals surface area contributed by atoms with Crippen LogP contribution >= 0.6 is 0 Å². The maximum atomic E-state index is 12.9. The molecule has 3 rings (SSSR count). The van der Waals surface area contributed by atoms with Crippen molar-refractivity contribution in [3.05, 3.63) is 58.7 Å². The van der Waals surface area contributed by atoms with E-state index in [1.54, 1.807) is 41.3 Å². The van der Waals surface area contributed by atoms with Crippen molar-refractivity contribution in [1.82, 2.24) is 9.21 Å². The molecule has 2 aromatic rings. The molecule has 1 saturated heterocycles. The highest BCUT2D eigenvalue weighted by Gasteiger charge is 2.30. The fourth-order valence-electron chi connectivity index (χ4n) is 3.38. The fourth-order valence-corrected chi connectivity index (χ4v) is 4.89. The van der Waals surface area contributed by atoms with Crippen molar-refractivity contribution < 1.29 is 22.7 Å². The molecule has 9 heteroatoms. The molecular weight excluding hydrogens is 418 g/mol. The number of benzene rings is 2. The second-order valence-electron chi connectivity index (χ2n) is 7.68. The second-order valence-corrected chi connectivity index (χ2v) is 9.62. The van der Waals surface area contributed by atoms with Crippen molar-refractivity contribution in [2.24, 2.45) is 5.73 Å². The van der Waals surface area contributed by atoms with Crippen molar-refractivity contribution in [1.29, 1.82) is 0 Å². The third-order valence-corrected chi connectivity index (χ3v) is 7.36. The zero-order valence-electron chi connectivity index (χ0n) is 17.9. The lowest BCUT2D eigenvalue weighted by molar-refractivity contribution is -0.134. The average molecular weight is 446 g/mol. The Hall–Kier alpha value is -2.91. The van der Waals surface area contributed by atoms with Crippen LogP contribution in [-0.4, -0.2) is 62.2 Å². The third-order valence-electron chi connectivity index (χ3n) is 5.46. The molecule has 166 valence electrons. The maximum absolute atomic E-state index is 12.9. The number of nitrogens with zero attached hydrogens (tertiary/aromatic N) is 2. The minimum absolute atomic E-state index is 0.206. The molecule has 0 saturated carbocycles. The Kier molecular flexibility index (Phi) is 6.66. The summed E-state index contributed by atoms with van der Waals surface area (Å²) in [6.45, 7) is 6.34. The molecule has 0 aromatic heterocycles. The van der Waals surface area contributed by atoms with Gasteiger partial charge in [-0.15, -0.1) is 0 Å². The number of sulfonamides is 1. The first-order valence-corrected chi connectivity index (χ1v) is 11.4. The van der Waals surface area contributed by atoms with E-state index in [0.29, 0.717) is 0 Å². The SMILES string of the molecule is Cc1ccc(C(N)=O)c(OCC(=O)N2CCN(S(=O)(=O)c3ccc(C)c(C)c3)CC2)c1. The Morgan fingerprint density at radius 3 is 2.26 bits per heavy atom. The molecule has 1 aliphatic heterocycles. The number of amides is 2. The van der Waals surface area contributed by atoms with Crippen LogP contribution in [0.25, 0.3) is 0 Å². The molecule has 0 spiro atoms. The van der Waals surface area contributed by atoms with Gasteiger partial charge >= 0.3 is 0 Å². The molecular formula is C22H27N3O5S. The number of ether oxygens (including phenoxy) is 1. The van der Waals surface area contributed by atoms with E-state index >= 15 is 0 Å². The van der Waals surface area contributed by atoms with Crippen molar-refractivity contribution in [3.8, 4) is 5.75 Å². The Balaban J connectivity index is 1.61. The lowest BCUT2D eigenvalue weighted by atomic mass is 10.1. The van der Waals surface area contributed by atoms with Gasteiger partial charge in [-0.25, -0.2) is 8.42 Å². The van der Waals surface area contributed by atoms with Crippen LogP contribution in [0.15, 0.2) is 41.3 Å². The molecule has 0 atom stereocenters. The zero-order valence-corrected chi connectivity index (χ0v) is 18.7. The lowest BCUT2D eigenvalue weighted by Gasteiger charge is -2.34. The van der Waals surface area contributed by atoms with Crippen molar-refractivity contribution in [2.75, 3.05) is 32.8 Å². The average Bonchev–Trinajstić information content (AvgIpc) is 2.73. The Morgan fingerprint density at radius 1 is 0.968 bits per heavy atom. The number of piperazine rings is 1. The fraction of sp³-hybridized carbons (Fsp3) is 0.364. The number of hydrogen-bond donors (Lipinski definition) is 1. The van der Waals surface area contributed by atoms with Gasteiger partial charge in [0.1, 0.15) is 5.75 Å². The minimum Gasteiger partial charge on any atom is -0.483 e. The van der Waals surface area contributed by atoms with E-state index in [2.05, 4.69) is 0 Å². The van der Waals surface area contributed by atoms with Crippen LogP contribution < -0.4 is 10.5 Å². The number of primary amides is 1. The predicted octanol–water partition coefficient (Wildman–Crippen LogP) is 1.62. The van der Waals surface area contributed by atoms with Crippen molar-refractivity contribution in [2.45, 2.75) is 25.7 Å². The first kappa shape index (κ1) is 22.8. The van der Waals surface area contributed by atoms with Crippen molar-refractivity contribution >= 4 is 21.8 Å². The van der Waals surface area contributed by atoms with Crippen LogP contribution in [0.2, 0.25) is 0 Å². The summed E-state index contributed by atoms with van der Waals surface area (Å²) in [6, 6.07) is 10.0. The van der Waals surface area contributed by atoms with Crippen LogP contribution in [0.5, 0.6) is 5.75 Å². The van der Waals surface area contributed by atoms with Gasteiger partial charge < -0.3 is 15.4 Å². The van der Waals surface area contributed by atoms with Gasteiger partial charge in [-0.1, -0.05) is 12.1 Å². The van der Waals surface area contributed by atoms with E-state index in [4.69, 9.17) is 10.5 Å². The number of carbonyl (C=O) groups excluding carboxylic acids is 2. The number of carbonyl (C=O) groups is 2. The smallest absolute Gasteiger partial charge is 0.260 e. The van der Waals surface area contributed by atoms with Crippen LogP contribution in [0, 0.1) is 20.8 Å². The molecule has 2 aromatic carbocycles. The summed E-state index contributed by atoms with van der Waals surface area (Å²) in [5, 5.41) is 0. The number of nitrogens with two attached hydrogens (primary N) is 1. The van der Waals surface area contributed by atoms with Gasteiger partial charge in [-0.05, 0) is 61.7 Å². The van der Waals surface area contributed by atoms with Gasteiger partial charge in [-0.3, -0.25) is 9.59 Å². The van der Waals surface area contributed by atoms with E-state index in [1.165, 1.54) is 4.31 Å². The summed E-state index contributed by atoms with van der Waals surface area (Å²) in [6.07, 6.45) is 0. The van der Waals surface area contributed by atoms with E-state index in [0.717, 1.165) is 16.7 Å². The van der Waals surface area contributed by atoms with E-state index in [9.17, 15) is 18.0 Å². The van der Waals surface area contributed by atoms with Gasteiger partial charge in [0.15, 0.2) is 6.61 Å². The largest absolute Gasteiger partial charge is 0.483 e. The topological polar surface area (TPSA) is 110 Å². The Morgan fingerprint density at radius 2 is 1.65 bits per heavy atom. The third kappa shape index (κ3) is 5.05. The highest BCUT2D eigenvalue weighted by atomic mass is 32.2. The molecule has 31 heavy (non-hydrogen) atoms. The highest BCUT2D eigenvalue weighted by Crippen LogP contribution is 2.22. The van der Waals surface area contributed by atoms with Crippen LogP contribution in [-0.2, 0) is 14.8 Å². The van der Waals surface area contributed by atoms with E-state index in [1.807, 2.05) is 20.8 Å². The summed E-state index contributed by atoms with van der Waals surface area (Å²) in [4.78, 5) is 25.9. The van der Waals surface area contributed by atoms with Gasteiger partial charge in [0.25, 0.3) is 11.8 Å². The Bertz CT molecular complexity index is 1110. The molecule has 2 amide bonds. The van der Waals surface area contributed by atoms with Gasteiger partial charge in [-0.2, -0.15) is 4.31 Å². The first-order chi connectivity index (χ1) is 14.6. The quantitative estimate of drug-likeness (QED) is 0.727. The summed E-state index contributed by atoms with van der Waals surface area (Å²) < 4.78 is 32.8. The minimum atomic E-state index is -3.61. The van der Waals surface area contributed by atoms with E-state index in [-0.39, 0.29) is 54.9 Å². The van der Waals surface area contributed by atoms with Gasteiger partial charge in [0.2, 0.25) is 10.0 Å². The normalized spacial score (nSPS) is 15.0. The van der Waals surface area contributed by atoms with Gasteiger partial charge in [0, 0.05) is 26.2 Å². The van der Waals surface area contributed by atoms with Crippen LogP contribution in [0.1, 0.15) is 27.0 Å². The monoisotopic (exact) mass is 445 g/mol. The second kappa shape index (κ2) is 9.07. The van der Waals surface area contributed by atoms with Crippen LogP contribution in [0.3, 0.4) is 0 Å². The van der Waals surface area contributed by atoms with E-state index < -0.39 is 15.9 Å². The summed E-state index contributed by atoms with van der Waals surface area (Å²) in [7, 11) is -3.61. The number of hydrogen-bond acceptors (Lipinski definition) is 5. The molecule has 1 aliphatic rings. The molecule has 2 N–H and O–H groups in total. The predicted molar refractivity (Wildman–Crippen MR) is 116 cm³/mol. The molecule has 0 bridgehead atoms. The Labute approximate surface area is 182 Å². The van der Waals surface area contributed by atoms with Crippen molar-refractivity contribution in [3.63, 3.8) is 0 Å². The maximum Gasteiger partial charge on any atom is 0.260 e. The molecule has 0 radical (unpaired) electrons. The van der Waals surface area contributed by atoms with Crippen LogP contribution in [0.4, 0.5) is 0 Å². The standard InChI is InChI=1S/C22H27N3O5S/c1-15-4-7-19(22(23)27)20(12-15)30-14-21(26)24-8-10-25(11-9-24)31(28,29)18-6-5-16(2)17(3)13-18/h4-7,12-13H,8-11,14H2,1-3H3,(H2,23,27). The summed E-state index contributed by atoms with van der Waals surface area (Å²) >= 11 is 0. The number of rotatable bonds is 6. The lowest BCUT2D eigenvalue weighted by Crippen LogP contribution is -2.51. The molecule has 1 fully saturated rings.